The first-order chi connectivity index (χ1) is 6.19. The van der Waals surface area contributed by atoms with Crippen molar-refractivity contribution >= 4 is 0 Å². The van der Waals surface area contributed by atoms with Crippen molar-refractivity contribution in [3.63, 3.8) is 0 Å². The van der Waals surface area contributed by atoms with Gasteiger partial charge in [0, 0.05) is 32.1 Å². The molecule has 0 aliphatic heterocycles. The normalized spacial score (nSPS) is 13.2. The molecule has 74 valence electrons. The second-order valence-electron chi connectivity index (χ2n) is 3.31. The van der Waals surface area contributed by atoms with Gasteiger partial charge in [0.15, 0.2) is 0 Å². The Morgan fingerprint density at radius 1 is 1.46 bits per heavy atom. The van der Waals surface area contributed by atoms with Gasteiger partial charge in [0.1, 0.15) is 0 Å². The number of aryl methyl sites for hydroxylation is 1. The molecule has 1 heterocycles. The Morgan fingerprint density at radius 3 is 2.54 bits per heavy atom. The quantitative estimate of drug-likeness (QED) is 0.731. The first kappa shape index (κ1) is 10.1. The summed E-state index contributed by atoms with van der Waals surface area (Å²) in [6.45, 7) is 5.24. The third-order valence-electron chi connectivity index (χ3n) is 2.08. The van der Waals surface area contributed by atoms with Crippen LogP contribution in [0.15, 0.2) is 17.2 Å². The minimum absolute atomic E-state index is 0.00259. The Bertz CT molecular complexity index is 314. The zero-order valence-corrected chi connectivity index (χ0v) is 8.10. The fourth-order valence-electron chi connectivity index (χ4n) is 1.23. The predicted octanol–water partition coefficient (Wildman–Crippen LogP) is 0.298. The summed E-state index contributed by atoms with van der Waals surface area (Å²) in [5.74, 6) is 0.130. The summed E-state index contributed by atoms with van der Waals surface area (Å²) in [6.07, 6.45) is 3.53. The first-order valence-corrected chi connectivity index (χ1v) is 4.55. The molecule has 1 N–H and O–H groups in total. The second kappa shape index (κ2) is 4.28. The average molecular weight is 184 g/mol. The van der Waals surface area contributed by atoms with Gasteiger partial charge in [0.05, 0.1) is 0 Å². The Labute approximate surface area is 77.4 Å². The SMILES string of the molecule is CCn1ccn(CC(C)CO)c1=O. The van der Waals surface area contributed by atoms with E-state index in [0.29, 0.717) is 13.1 Å². The fraction of sp³-hybridized carbons (Fsp3) is 0.667. The van der Waals surface area contributed by atoms with Gasteiger partial charge in [-0.1, -0.05) is 6.92 Å². The van der Waals surface area contributed by atoms with Crippen LogP contribution >= 0.6 is 0 Å². The van der Waals surface area contributed by atoms with Crippen LogP contribution in [-0.4, -0.2) is 20.8 Å². The third kappa shape index (κ3) is 2.21. The van der Waals surface area contributed by atoms with Crippen LogP contribution in [0.5, 0.6) is 0 Å². The van der Waals surface area contributed by atoms with Crippen molar-refractivity contribution in [2.45, 2.75) is 26.9 Å². The molecule has 1 unspecified atom stereocenters. The van der Waals surface area contributed by atoms with Gasteiger partial charge < -0.3 is 5.11 Å². The summed E-state index contributed by atoms with van der Waals surface area (Å²) in [5, 5.41) is 8.83. The molecule has 0 aromatic carbocycles. The van der Waals surface area contributed by atoms with Crippen molar-refractivity contribution in [1.29, 1.82) is 0 Å². The molecule has 0 aliphatic rings. The first-order valence-electron chi connectivity index (χ1n) is 4.55. The van der Waals surface area contributed by atoms with E-state index in [1.165, 1.54) is 0 Å². The summed E-state index contributed by atoms with van der Waals surface area (Å²) in [6, 6.07) is 0. The number of aliphatic hydroxyl groups is 1. The highest BCUT2D eigenvalue weighted by molar-refractivity contribution is 4.81. The minimum atomic E-state index is 0.00259. The maximum absolute atomic E-state index is 11.5. The van der Waals surface area contributed by atoms with E-state index in [1.807, 2.05) is 13.8 Å². The van der Waals surface area contributed by atoms with Gasteiger partial charge in [-0.2, -0.15) is 0 Å². The van der Waals surface area contributed by atoms with Crippen LogP contribution < -0.4 is 5.69 Å². The highest BCUT2D eigenvalue weighted by Gasteiger charge is 2.05. The van der Waals surface area contributed by atoms with E-state index >= 15 is 0 Å². The molecule has 1 aromatic heterocycles. The van der Waals surface area contributed by atoms with Gasteiger partial charge in [-0.15, -0.1) is 0 Å². The number of hydrogen-bond donors (Lipinski definition) is 1. The number of aliphatic hydroxyl groups excluding tert-OH is 1. The van der Waals surface area contributed by atoms with Gasteiger partial charge in [-0.3, -0.25) is 9.13 Å². The van der Waals surface area contributed by atoms with E-state index in [1.54, 1.807) is 21.5 Å². The van der Waals surface area contributed by atoms with Crippen LogP contribution in [0.3, 0.4) is 0 Å². The van der Waals surface area contributed by atoms with E-state index in [0.717, 1.165) is 0 Å². The zero-order valence-electron chi connectivity index (χ0n) is 8.10. The predicted molar refractivity (Wildman–Crippen MR) is 50.6 cm³/mol. The topological polar surface area (TPSA) is 47.2 Å². The van der Waals surface area contributed by atoms with Gasteiger partial charge in [0.25, 0.3) is 0 Å². The molecule has 0 spiro atoms. The molecule has 0 saturated carbocycles. The summed E-state index contributed by atoms with van der Waals surface area (Å²) >= 11 is 0. The Balaban J connectivity index is 2.78. The highest BCUT2D eigenvalue weighted by atomic mass is 16.3. The standard InChI is InChI=1S/C9H16N2O2/c1-3-10-4-5-11(9(10)13)6-8(2)7-12/h4-5,8,12H,3,6-7H2,1-2H3. The van der Waals surface area contributed by atoms with Crippen molar-refractivity contribution in [2.75, 3.05) is 6.61 Å². The molecule has 4 nitrogen and oxygen atoms in total. The summed E-state index contributed by atoms with van der Waals surface area (Å²) in [4.78, 5) is 11.5. The van der Waals surface area contributed by atoms with Gasteiger partial charge in [-0.05, 0) is 12.8 Å². The molecule has 0 radical (unpaired) electrons. The zero-order chi connectivity index (χ0) is 9.84. The van der Waals surface area contributed by atoms with Crippen molar-refractivity contribution in [1.82, 2.24) is 9.13 Å². The molecule has 1 rings (SSSR count). The molecule has 1 aromatic rings. The van der Waals surface area contributed by atoms with E-state index < -0.39 is 0 Å². The van der Waals surface area contributed by atoms with Gasteiger partial charge in [-0.25, -0.2) is 4.79 Å². The maximum Gasteiger partial charge on any atom is 0.328 e. The van der Waals surface area contributed by atoms with E-state index in [2.05, 4.69) is 0 Å². The molecule has 0 amide bonds. The van der Waals surface area contributed by atoms with Gasteiger partial charge in [0.2, 0.25) is 0 Å². The molecular weight excluding hydrogens is 168 g/mol. The summed E-state index contributed by atoms with van der Waals surface area (Å²) < 4.78 is 3.27. The highest BCUT2D eigenvalue weighted by Crippen LogP contribution is 1.96. The lowest BCUT2D eigenvalue weighted by atomic mass is 10.2. The molecule has 4 heteroatoms. The molecule has 0 aliphatic carbocycles. The number of hydrogen-bond acceptors (Lipinski definition) is 2. The van der Waals surface area contributed by atoms with Crippen LogP contribution in [-0.2, 0) is 13.1 Å². The molecule has 13 heavy (non-hydrogen) atoms. The van der Waals surface area contributed by atoms with Crippen LogP contribution in [0.25, 0.3) is 0 Å². The average Bonchev–Trinajstić information content (AvgIpc) is 2.48. The maximum atomic E-state index is 11.5. The lowest BCUT2D eigenvalue weighted by Gasteiger charge is -2.06. The molecule has 1 atom stereocenters. The van der Waals surface area contributed by atoms with Crippen molar-refractivity contribution < 1.29 is 5.11 Å². The number of rotatable bonds is 4. The Hall–Kier alpha value is -1.03. The largest absolute Gasteiger partial charge is 0.396 e. The summed E-state index contributed by atoms with van der Waals surface area (Å²) in [7, 11) is 0. The van der Waals surface area contributed by atoms with Crippen LogP contribution in [0, 0.1) is 5.92 Å². The minimum Gasteiger partial charge on any atom is -0.396 e. The van der Waals surface area contributed by atoms with Crippen LogP contribution in [0.1, 0.15) is 13.8 Å². The van der Waals surface area contributed by atoms with Crippen molar-refractivity contribution in [2.24, 2.45) is 5.92 Å². The Kier molecular flexibility index (Phi) is 3.31. The molecule has 0 fully saturated rings. The van der Waals surface area contributed by atoms with Crippen LogP contribution in [0.2, 0.25) is 0 Å². The molecular formula is C9H16N2O2. The lowest BCUT2D eigenvalue weighted by molar-refractivity contribution is 0.221. The van der Waals surface area contributed by atoms with Crippen LogP contribution in [0.4, 0.5) is 0 Å². The van der Waals surface area contributed by atoms with E-state index in [9.17, 15) is 4.79 Å². The monoisotopic (exact) mass is 184 g/mol. The lowest BCUT2D eigenvalue weighted by Crippen LogP contribution is -2.26. The fourth-order valence-corrected chi connectivity index (χ4v) is 1.23. The number of imidazole rings is 1. The number of aromatic nitrogens is 2. The number of nitrogens with zero attached hydrogens (tertiary/aromatic N) is 2. The molecule has 0 saturated heterocycles. The van der Waals surface area contributed by atoms with E-state index in [-0.39, 0.29) is 18.2 Å². The summed E-state index contributed by atoms with van der Waals surface area (Å²) in [5.41, 5.74) is 0.00259. The second-order valence-corrected chi connectivity index (χ2v) is 3.31. The molecule has 0 bridgehead atoms. The van der Waals surface area contributed by atoms with E-state index in [4.69, 9.17) is 5.11 Å². The van der Waals surface area contributed by atoms with Crippen molar-refractivity contribution in [3.05, 3.63) is 22.9 Å². The Morgan fingerprint density at radius 2 is 2.08 bits per heavy atom. The smallest absolute Gasteiger partial charge is 0.328 e. The van der Waals surface area contributed by atoms with Crippen molar-refractivity contribution in [3.8, 4) is 0 Å². The van der Waals surface area contributed by atoms with Gasteiger partial charge >= 0.3 is 5.69 Å². The third-order valence-corrected chi connectivity index (χ3v) is 2.08.